The summed E-state index contributed by atoms with van der Waals surface area (Å²) in [6, 6.07) is 10.3. The molecule has 0 unspecified atom stereocenters. The average Bonchev–Trinajstić information content (AvgIpc) is 3.10. The smallest absolute Gasteiger partial charge is 0.223 e. The molecule has 0 bridgehead atoms. The van der Waals surface area contributed by atoms with Gasteiger partial charge in [0.05, 0.1) is 0 Å². The van der Waals surface area contributed by atoms with Crippen LogP contribution < -0.4 is 5.32 Å². The van der Waals surface area contributed by atoms with E-state index in [4.69, 9.17) is 0 Å². The van der Waals surface area contributed by atoms with Crippen LogP contribution in [0.2, 0.25) is 0 Å². The molecule has 1 N–H and O–H groups in total. The minimum absolute atomic E-state index is 0.00568. The Morgan fingerprint density at radius 2 is 1.88 bits per heavy atom. The normalized spacial score (nSPS) is 14.9. The predicted octanol–water partition coefficient (Wildman–Crippen LogP) is 3.39. The first-order valence-electron chi connectivity index (χ1n) is 8.97. The number of amides is 2. The quantitative estimate of drug-likeness (QED) is 0.795. The Morgan fingerprint density at radius 3 is 2.54 bits per heavy atom. The maximum Gasteiger partial charge on any atom is 0.223 e. The number of benzene rings is 1. The number of rotatable bonds is 8. The molecule has 4 nitrogen and oxygen atoms in total. The first-order chi connectivity index (χ1) is 11.7. The Hall–Kier alpha value is -2.10. The number of hydrogen-bond donors (Lipinski definition) is 1. The van der Waals surface area contributed by atoms with Crippen molar-refractivity contribution in [3.63, 3.8) is 0 Å². The van der Waals surface area contributed by atoms with Crippen molar-refractivity contribution >= 4 is 17.9 Å². The van der Waals surface area contributed by atoms with Gasteiger partial charge in [-0.1, -0.05) is 55.3 Å². The molecule has 1 fully saturated rings. The van der Waals surface area contributed by atoms with Gasteiger partial charge >= 0.3 is 0 Å². The highest BCUT2D eigenvalue weighted by Crippen LogP contribution is 2.17. The Bertz CT molecular complexity index is 548. The van der Waals surface area contributed by atoms with Gasteiger partial charge in [-0.3, -0.25) is 9.59 Å². The van der Waals surface area contributed by atoms with Crippen LogP contribution in [-0.2, 0) is 9.59 Å². The standard InChI is InChI=1S/C20H28N2O2/c1-2-22(16-8-11-17-9-4-3-5-10-17)20(24)15-14-19(23)21-18-12-6-7-13-18/h3-5,8-11,18H,2,6-7,12-16H2,1H3,(H,21,23). The Labute approximate surface area is 144 Å². The molecular weight excluding hydrogens is 300 g/mol. The summed E-state index contributed by atoms with van der Waals surface area (Å²) >= 11 is 0. The summed E-state index contributed by atoms with van der Waals surface area (Å²) < 4.78 is 0. The first-order valence-corrected chi connectivity index (χ1v) is 8.97. The average molecular weight is 328 g/mol. The lowest BCUT2D eigenvalue weighted by molar-refractivity contribution is -0.133. The zero-order valence-electron chi connectivity index (χ0n) is 14.5. The van der Waals surface area contributed by atoms with Crippen molar-refractivity contribution in [1.29, 1.82) is 0 Å². The van der Waals surface area contributed by atoms with Crippen molar-refractivity contribution in [1.82, 2.24) is 10.2 Å². The van der Waals surface area contributed by atoms with Crippen LogP contribution in [0.1, 0.15) is 51.0 Å². The van der Waals surface area contributed by atoms with Gasteiger partial charge in [-0.25, -0.2) is 0 Å². The van der Waals surface area contributed by atoms with E-state index in [1.165, 1.54) is 12.8 Å². The van der Waals surface area contributed by atoms with Crippen LogP contribution >= 0.6 is 0 Å². The van der Waals surface area contributed by atoms with E-state index in [9.17, 15) is 9.59 Å². The summed E-state index contributed by atoms with van der Waals surface area (Å²) in [4.78, 5) is 26.0. The van der Waals surface area contributed by atoms with Crippen molar-refractivity contribution in [2.24, 2.45) is 0 Å². The first kappa shape index (κ1) is 18.2. The third kappa shape index (κ3) is 6.19. The highest BCUT2D eigenvalue weighted by molar-refractivity contribution is 5.84. The number of nitrogens with zero attached hydrogens (tertiary/aromatic N) is 1. The lowest BCUT2D eigenvalue weighted by Crippen LogP contribution is -2.35. The van der Waals surface area contributed by atoms with Crippen LogP contribution in [0.4, 0.5) is 0 Å². The molecule has 4 heteroatoms. The van der Waals surface area contributed by atoms with Gasteiger partial charge in [0, 0.05) is 32.0 Å². The monoisotopic (exact) mass is 328 g/mol. The fourth-order valence-corrected chi connectivity index (χ4v) is 3.04. The molecule has 1 aromatic rings. The summed E-state index contributed by atoms with van der Waals surface area (Å²) in [5, 5.41) is 3.03. The number of carbonyl (C=O) groups excluding carboxylic acids is 2. The predicted molar refractivity (Wildman–Crippen MR) is 97.4 cm³/mol. The van der Waals surface area contributed by atoms with E-state index < -0.39 is 0 Å². The largest absolute Gasteiger partial charge is 0.353 e. The molecule has 1 aliphatic carbocycles. The Kier molecular flexibility index (Phi) is 7.53. The van der Waals surface area contributed by atoms with Crippen molar-refractivity contribution in [3.05, 3.63) is 42.0 Å². The second-order valence-corrected chi connectivity index (χ2v) is 6.29. The summed E-state index contributed by atoms with van der Waals surface area (Å²) in [5.41, 5.74) is 1.12. The fraction of sp³-hybridized carbons (Fsp3) is 0.500. The maximum absolute atomic E-state index is 12.3. The molecule has 0 heterocycles. The van der Waals surface area contributed by atoms with Crippen molar-refractivity contribution in [2.45, 2.75) is 51.5 Å². The fourth-order valence-electron chi connectivity index (χ4n) is 3.04. The summed E-state index contributed by atoms with van der Waals surface area (Å²) in [6.07, 6.45) is 9.12. The van der Waals surface area contributed by atoms with Crippen molar-refractivity contribution < 1.29 is 9.59 Å². The molecule has 2 amide bonds. The van der Waals surface area contributed by atoms with E-state index >= 15 is 0 Å². The molecule has 1 saturated carbocycles. The van der Waals surface area contributed by atoms with Crippen LogP contribution in [0.25, 0.3) is 6.08 Å². The van der Waals surface area contributed by atoms with Gasteiger partial charge in [0.25, 0.3) is 0 Å². The van der Waals surface area contributed by atoms with E-state index in [0.717, 1.165) is 18.4 Å². The molecule has 1 aromatic carbocycles. The van der Waals surface area contributed by atoms with Gasteiger partial charge in [-0.2, -0.15) is 0 Å². The minimum atomic E-state index is 0.00568. The number of hydrogen-bond acceptors (Lipinski definition) is 2. The third-order valence-corrected chi connectivity index (χ3v) is 4.46. The second kappa shape index (κ2) is 9.91. The van der Waals surface area contributed by atoms with Crippen LogP contribution in [0.3, 0.4) is 0 Å². The SMILES string of the molecule is CCN(CC=Cc1ccccc1)C(=O)CCC(=O)NC1CCCC1. The molecule has 0 spiro atoms. The van der Waals surface area contributed by atoms with E-state index in [0.29, 0.717) is 19.1 Å². The van der Waals surface area contributed by atoms with Gasteiger partial charge in [0.15, 0.2) is 0 Å². The lowest BCUT2D eigenvalue weighted by atomic mass is 10.2. The summed E-state index contributed by atoms with van der Waals surface area (Å²) in [5.74, 6) is 0.0444. The third-order valence-electron chi connectivity index (χ3n) is 4.46. The molecule has 0 saturated heterocycles. The molecule has 0 atom stereocenters. The van der Waals surface area contributed by atoms with E-state index in [1.54, 1.807) is 4.90 Å². The van der Waals surface area contributed by atoms with Gasteiger partial charge in [-0.15, -0.1) is 0 Å². The molecule has 1 aliphatic rings. The van der Waals surface area contributed by atoms with Crippen molar-refractivity contribution in [2.75, 3.05) is 13.1 Å². The van der Waals surface area contributed by atoms with E-state index in [2.05, 4.69) is 5.32 Å². The van der Waals surface area contributed by atoms with Crippen molar-refractivity contribution in [3.8, 4) is 0 Å². The molecule has 2 rings (SSSR count). The molecule has 24 heavy (non-hydrogen) atoms. The number of likely N-dealkylation sites (N-methyl/N-ethyl adjacent to an activating group) is 1. The highest BCUT2D eigenvalue weighted by Gasteiger charge is 2.18. The van der Waals surface area contributed by atoms with Gasteiger partial charge in [-0.05, 0) is 25.3 Å². The van der Waals surface area contributed by atoms with Crippen LogP contribution in [-0.4, -0.2) is 35.8 Å². The Morgan fingerprint density at radius 1 is 1.17 bits per heavy atom. The zero-order valence-corrected chi connectivity index (χ0v) is 14.5. The van der Waals surface area contributed by atoms with Gasteiger partial charge in [0.1, 0.15) is 0 Å². The second-order valence-electron chi connectivity index (χ2n) is 6.29. The molecule has 0 aromatic heterocycles. The number of carbonyl (C=O) groups is 2. The number of nitrogens with one attached hydrogen (secondary N) is 1. The molecule has 0 radical (unpaired) electrons. The Balaban J connectivity index is 1.72. The minimum Gasteiger partial charge on any atom is -0.353 e. The summed E-state index contributed by atoms with van der Waals surface area (Å²) in [6.45, 7) is 3.20. The molecular formula is C20H28N2O2. The topological polar surface area (TPSA) is 49.4 Å². The van der Waals surface area contributed by atoms with Crippen LogP contribution in [0, 0.1) is 0 Å². The van der Waals surface area contributed by atoms with E-state index in [-0.39, 0.29) is 24.7 Å². The molecule has 0 aliphatic heterocycles. The highest BCUT2D eigenvalue weighted by atomic mass is 16.2. The van der Waals surface area contributed by atoms with Crippen LogP contribution in [0.15, 0.2) is 36.4 Å². The van der Waals surface area contributed by atoms with Gasteiger partial charge in [0.2, 0.25) is 11.8 Å². The zero-order chi connectivity index (χ0) is 17.2. The molecule has 130 valence electrons. The van der Waals surface area contributed by atoms with Gasteiger partial charge < -0.3 is 10.2 Å². The van der Waals surface area contributed by atoms with E-state index in [1.807, 2.05) is 49.4 Å². The lowest BCUT2D eigenvalue weighted by Gasteiger charge is -2.19. The maximum atomic E-state index is 12.3. The summed E-state index contributed by atoms with van der Waals surface area (Å²) in [7, 11) is 0. The van der Waals surface area contributed by atoms with Crippen LogP contribution in [0.5, 0.6) is 0 Å².